The topological polar surface area (TPSA) is 133 Å². The third kappa shape index (κ3) is 8.06. The van der Waals surface area contributed by atoms with Crippen molar-refractivity contribution < 1.29 is 19.5 Å². The van der Waals surface area contributed by atoms with Crippen molar-refractivity contribution in [3.63, 3.8) is 0 Å². The van der Waals surface area contributed by atoms with Crippen LogP contribution in [0.3, 0.4) is 0 Å². The van der Waals surface area contributed by atoms with E-state index >= 15 is 0 Å². The first-order valence-electron chi connectivity index (χ1n) is 7.49. The summed E-state index contributed by atoms with van der Waals surface area (Å²) in [4.78, 5) is 46.2. The van der Waals surface area contributed by atoms with E-state index in [2.05, 4.69) is 5.32 Å². The standard InChI is InChI=1S/C14H18ClN5O5/c15-8-10-19(23)18-14(22)17-12(7-4-9-16-20(24)25)13(21)11-5-2-1-3-6-11/h1-3,5-6,12,16H,4,7-10H2,(H-,17,18,22,23)/p+1. The molecule has 1 unspecified atom stereocenters. The second kappa shape index (κ2) is 10.9. The van der Waals surface area contributed by atoms with Crippen LogP contribution in [-0.4, -0.2) is 46.7 Å². The lowest BCUT2D eigenvalue weighted by Crippen LogP contribution is -2.49. The van der Waals surface area contributed by atoms with E-state index < -0.39 is 17.1 Å². The number of amides is 2. The van der Waals surface area contributed by atoms with E-state index in [4.69, 9.17) is 11.6 Å². The van der Waals surface area contributed by atoms with Crippen LogP contribution in [0.25, 0.3) is 0 Å². The molecule has 0 aliphatic carbocycles. The molecule has 0 saturated heterocycles. The highest BCUT2D eigenvalue weighted by molar-refractivity contribution is 6.17. The van der Waals surface area contributed by atoms with Gasteiger partial charge in [0, 0.05) is 5.56 Å². The number of Topliss-reactive ketones (excluding diaryl/α,β-unsaturated/α-hetero) is 1. The maximum atomic E-state index is 12.5. The van der Waals surface area contributed by atoms with Gasteiger partial charge in [0.15, 0.2) is 10.8 Å². The molecule has 0 bridgehead atoms. The Kier molecular flexibility index (Phi) is 8.86. The van der Waals surface area contributed by atoms with Gasteiger partial charge in [-0.3, -0.25) is 4.79 Å². The van der Waals surface area contributed by atoms with Gasteiger partial charge in [-0.1, -0.05) is 35.8 Å². The zero-order chi connectivity index (χ0) is 18.7. The van der Waals surface area contributed by atoms with Crippen LogP contribution in [0.5, 0.6) is 0 Å². The smallest absolute Gasteiger partial charge is 0.324 e. The molecule has 0 aromatic heterocycles. The first kappa shape index (κ1) is 20.3. The van der Waals surface area contributed by atoms with E-state index in [1.807, 2.05) is 10.9 Å². The molecule has 1 atom stereocenters. The van der Waals surface area contributed by atoms with Gasteiger partial charge in [-0.05, 0) is 12.8 Å². The fourth-order valence-corrected chi connectivity index (χ4v) is 2.14. The Morgan fingerprint density at radius 1 is 1.20 bits per heavy atom. The largest absolute Gasteiger partial charge is 0.372 e. The molecule has 0 spiro atoms. The highest BCUT2D eigenvalue weighted by atomic mass is 35.5. The quantitative estimate of drug-likeness (QED) is 0.133. The molecular formula is C14H19ClN5O5+. The van der Waals surface area contributed by atoms with Gasteiger partial charge in [0.25, 0.3) is 0 Å². The van der Waals surface area contributed by atoms with E-state index in [9.17, 15) is 24.6 Å². The molecule has 1 aromatic rings. The van der Waals surface area contributed by atoms with Gasteiger partial charge < -0.3 is 5.32 Å². The maximum Gasteiger partial charge on any atom is 0.372 e. The fraction of sp³-hybridized carbons (Fsp3) is 0.429. The second-order valence-electron chi connectivity index (χ2n) is 4.97. The molecule has 1 aromatic carbocycles. The number of halogens is 1. The van der Waals surface area contributed by atoms with Crippen LogP contribution in [0, 0.1) is 15.0 Å². The zero-order valence-electron chi connectivity index (χ0n) is 13.3. The van der Waals surface area contributed by atoms with E-state index in [0.29, 0.717) is 5.56 Å². The van der Waals surface area contributed by atoms with Gasteiger partial charge in [0.05, 0.1) is 23.4 Å². The third-order valence-electron chi connectivity index (χ3n) is 3.10. The lowest BCUT2D eigenvalue weighted by atomic mass is 10.0. The van der Waals surface area contributed by atoms with E-state index in [1.54, 1.807) is 30.3 Å². The first-order valence-corrected chi connectivity index (χ1v) is 8.02. The highest BCUT2D eigenvalue weighted by Gasteiger charge is 2.24. The minimum Gasteiger partial charge on any atom is -0.324 e. The summed E-state index contributed by atoms with van der Waals surface area (Å²) in [5.74, 6) is -0.324. The maximum absolute atomic E-state index is 12.5. The molecule has 3 N–H and O–H groups in total. The van der Waals surface area contributed by atoms with Crippen molar-refractivity contribution in [2.75, 3.05) is 19.0 Å². The van der Waals surface area contributed by atoms with E-state index in [0.717, 1.165) is 0 Å². The molecule has 0 saturated carbocycles. The lowest BCUT2D eigenvalue weighted by molar-refractivity contribution is -0.588. The Balaban J connectivity index is 2.69. The number of carbonyl (C=O) groups is 2. The number of benzene rings is 1. The Labute approximate surface area is 148 Å². The summed E-state index contributed by atoms with van der Waals surface area (Å²) in [6.07, 6.45) is 0.434. The summed E-state index contributed by atoms with van der Waals surface area (Å²) < 4.78 is 0. The summed E-state index contributed by atoms with van der Waals surface area (Å²) in [5.41, 5.74) is 4.37. The molecule has 0 aliphatic rings. The van der Waals surface area contributed by atoms with Gasteiger partial charge in [-0.25, -0.2) is 14.9 Å². The zero-order valence-corrected chi connectivity index (χ0v) is 14.1. The third-order valence-corrected chi connectivity index (χ3v) is 3.27. The van der Waals surface area contributed by atoms with Crippen LogP contribution in [-0.2, 0) is 0 Å². The van der Waals surface area contributed by atoms with Crippen molar-refractivity contribution in [3.05, 3.63) is 50.9 Å². The number of nitrogens with one attached hydrogen (secondary N) is 3. The number of hydrogen-bond acceptors (Lipinski definition) is 5. The molecule has 0 heterocycles. The SMILES string of the molecule is O=C(NC(CCCN[N+](=O)[O-])C(=O)c1ccccc1)N[N+](=O)CCCl. The van der Waals surface area contributed by atoms with E-state index in [-0.39, 0.29) is 42.5 Å². The summed E-state index contributed by atoms with van der Waals surface area (Å²) in [6.45, 7) is -0.0756. The lowest BCUT2D eigenvalue weighted by Gasteiger charge is -2.16. The number of nitrogens with zero attached hydrogens (tertiary/aromatic N) is 2. The minimum absolute atomic E-state index is 0.0305. The summed E-state index contributed by atoms with van der Waals surface area (Å²) in [5, 5.41) is 12.0. The Hall–Kier alpha value is -2.75. The number of rotatable bonds is 11. The molecule has 11 heteroatoms. The molecule has 0 fully saturated rings. The van der Waals surface area contributed by atoms with Crippen molar-refractivity contribution in [3.8, 4) is 0 Å². The van der Waals surface area contributed by atoms with Gasteiger partial charge in [0.1, 0.15) is 4.87 Å². The number of alkyl halides is 1. The molecule has 1 rings (SSSR count). The van der Waals surface area contributed by atoms with Crippen molar-refractivity contribution >= 4 is 23.4 Å². The number of carbonyl (C=O) groups excluding carboxylic acids is 2. The Morgan fingerprint density at radius 2 is 1.88 bits per heavy atom. The number of ketones is 1. The summed E-state index contributed by atoms with van der Waals surface area (Å²) in [7, 11) is 0. The van der Waals surface area contributed by atoms with Crippen molar-refractivity contribution in [2.24, 2.45) is 0 Å². The predicted molar refractivity (Wildman–Crippen MR) is 89.7 cm³/mol. The molecule has 25 heavy (non-hydrogen) atoms. The van der Waals surface area contributed by atoms with Gasteiger partial charge in [-0.15, -0.1) is 17.0 Å². The van der Waals surface area contributed by atoms with Gasteiger partial charge in [0.2, 0.25) is 6.54 Å². The summed E-state index contributed by atoms with van der Waals surface area (Å²) in [6, 6.07) is 6.51. The molecular weight excluding hydrogens is 354 g/mol. The van der Waals surface area contributed by atoms with Crippen LogP contribution in [0.1, 0.15) is 23.2 Å². The molecule has 2 amide bonds. The molecule has 0 radical (unpaired) electrons. The number of urea groups is 1. The van der Waals surface area contributed by atoms with Crippen molar-refractivity contribution in [1.82, 2.24) is 16.2 Å². The Morgan fingerprint density at radius 3 is 2.48 bits per heavy atom. The van der Waals surface area contributed by atoms with Gasteiger partial charge in [-0.2, -0.15) is 0 Å². The second-order valence-corrected chi connectivity index (χ2v) is 5.34. The van der Waals surface area contributed by atoms with E-state index in [1.165, 1.54) is 0 Å². The normalized spacial score (nSPS) is 11.2. The van der Waals surface area contributed by atoms with Crippen LogP contribution in [0.15, 0.2) is 30.3 Å². The fourth-order valence-electron chi connectivity index (χ4n) is 1.99. The number of hydrogen-bond donors (Lipinski definition) is 3. The number of hydrazine groups is 2. The Bertz CT molecular complexity index is 613. The minimum atomic E-state index is -0.930. The molecule has 0 aliphatic heterocycles. The van der Waals surface area contributed by atoms with Crippen LogP contribution < -0.4 is 16.2 Å². The molecule has 136 valence electrons. The summed E-state index contributed by atoms with van der Waals surface area (Å²) >= 11 is 5.40. The van der Waals surface area contributed by atoms with Gasteiger partial charge >= 0.3 is 6.03 Å². The average Bonchev–Trinajstić information content (AvgIpc) is 2.57. The first-order chi connectivity index (χ1) is 11.9. The van der Waals surface area contributed by atoms with Crippen LogP contribution in [0.4, 0.5) is 4.79 Å². The highest BCUT2D eigenvalue weighted by Crippen LogP contribution is 2.08. The predicted octanol–water partition coefficient (Wildman–Crippen LogP) is 1.03. The van der Waals surface area contributed by atoms with Crippen LogP contribution in [0.2, 0.25) is 0 Å². The van der Waals surface area contributed by atoms with Crippen LogP contribution >= 0.6 is 11.6 Å². The van der Waals surface area contributed by atoms with Crippen molar-refractivity contribution in [2.45, 2.75) is 18.9 Å². The molecule has 10 nitrogen and oxygen atoms in total. The number of nitroso groups, excluding NO2 is 1. The average molecular weight is 373 g/mol. The monoisotopic (exact) mass is 372 g/mol. The van der Waals surface area contributed by atoms with Crippen molar-refractivity contribution in [1.29, 1.82) is 0 Å². The number of nitro groups is 1.